The van der Waals surface area contributed by atoms with Crippen molar-refractivity contribution in [3.63, 3.8) is 0 Å². The van der Waals surface area contributed by atoms with Crippen molar-refractivity contribution in [3.8, 4) is 0 Å². The Morgan fingerprint density at radius 3 is 2.91 bits per heavy atom. The van der Waals surface area contributed by atoms with Crippen molar-refractivity contribution in [2.24, 2.45) is 5.10 Å². The van der Waals surface area contributed by atoms with Gasteiger partial charge in [-0.15, -0.1) is 0 Å². The van der Waals surface area contributed by atoms with Crippen molar-refractivity contribution in [3.05, 3.63) is 33.8 Å². The maximum Gasteiger partial charge on any atom is 0.255 e. The molecule has 0 aromatic heterocycles. The van der Waals surface area contributed by atoms with Gasteiger partial charge in [0.2, 0.25) is 0 Å². The van der Waals surface area contributed by atoms with Gasteiger partial charge in [-0.05, 0) is 40.5 Å². The van der Waals surface area contributed by atoms with Gasteiger partial charge >= 0.3 is 0 Å². The monoisotopic (exact) mass is 404 g/mol. The van der Waals surface area contributed by atoms with Gasteiger partial charge in [-0.3, -0.25) is 10.2 Å². The van der Waals surface area contributed by atoms with E-state index in [1.807, 2.05) is 0 Å². The lowest BCUT2D eigenvalue weighted by molar-refractivity contribution is 0.0730. The molecule has 2 aliphatic rings. The fourth-order valence-electron chi connectivity index (χ4n) is 2.65. The number of nitrogens with one attached hydrogen (secondary N) is 1. The molecule has 2 heterocycles. The first-order chi connectivity index (χ1) is 10.4. The molecule has 0 bridgehead atoms. The highest BCUT2D eigenvalue weighted by Crippen LogP contribution is 2.31. The van der Waals surface area contributed by atoms with Gasteiger partial charge in [0.05, 0.1) is 17.1 Å². The summed E-state index contributed by atoms with van der Waals surface area (Å²) in [6.07, 6.45) is 0.858. The smallest absolute Gasteiger partial charge is 0.255 e. The maximum absolute atomic E-state index is 12.6. The molecule has 1 saturated heterocycles. The van der Waals surface area contributed by atoms with Crippen molar-refractivity contribution < 1.29 is 4.79 Å². The van der Waals surface area contributed by atoms with Crippen LogP contribution in [0.1, 0.15) is 23.7 Å². The summed E-state index contributed by atoms with van der Waals surface area (Å²) in [5.74, 6) is 0.746. The zero-order valence-electron chi connectivity index (χ0n) is 11.9. The third-order valence-electron chi connectivity index (χ3n) is 3.94. The molecule has 1 N–H and O–H groups in total. The van der Waals surface area contributed by atoms with Crippen LogP contribution in [0.15, 0.2) is 23.3 Å². The number of amidine groups is 1. The summed E-state index contributed by atoms with van der Waals surface area (Å²) in [5.41, 5.74) is 3.56. The van der Waals surface area contributed by atoms with Crippen LogP contribution < -0.4 is 5.43 Å². The molecule has 0 radical (unpaired) electrons. The van der Waals surface area contributed by atoms with Crippen molar-refractivity contribution in [2.45, 2.75) is 17.9 Å². The van der Waals surface area contributed by atoms with Gasteiger partial charge in [0.1, 0.15) is 5.84 Å². The van der Waals surface area contributed by atoms with Gasteiger partial charge in [0.15, 0.2) is 4.57 Å². The first-order valence-corrected chi connectivity index (χ1v) is 8.54. The minimum Gasteiger partial charge on any atom is -0.329 e. The lowest BCUT2D eigenvalue weighted by Crippen LogP contribution is -2.57. The fourth-order valence-corrected chi connectivity index (χ4v) is 3.61. The number of hydrogen-bond donors (Lipinski definition) is 1. The average Bonchev–Trinajstić information content (AvgIpc) is 2.84. The highest BCUT2D eigenvalue weighted by atomic mass is 79.9. The Balaban J connectivity index is 1.77. The van der Waals surface area contributed by atoms with Gasteiger partial charge in [-0.2, -0.15) is 5.10 Å². The maximum atomic E-state index is 12.6. The van der Waals surface area contributed by atoms with Gasteiger partial charge in [0.25, 0.3) is 5.91 Å². The molecule has 1 fully saturated rings. The molecule has 0 aliphatic carbocycles. The molecule has 2 aliphatic heterocycles. The molecule has 1 aromatic rings. The number of hydrazone groups is 1. The zero-order valence-corrected chi connectivity index (χ0v) is 15.0. The van der Waals surface area contributed by atoms with Gasteiger partial charge in [0, 0.05) is 18.1 Å². The van der Waals surface area contributed by atoms with Crippen LogP contribution >= 0.6 is 39.1 Å². The van der Waals surface area contributed by atoms with E-state index in [1.165, 1.54) is 0 Å². The molecule has 1 atom stereocenters. The molecule has 1 aromatic carbocycles. The third-order valence-corrected chi connectivity index (χ3v) is 5.65. The van der Waals surface area contributed by atoms with Gasteiger partial charge in [-0.1, -0.05) is 30.1 Å². The fraction of sp³-hybridized carbons (Fsp3) is 0.429. The van der Waals surface area contributed by atoms with Crippen molar-refractivity contribution in [1.82, 2.24) is 15.2 Å². The number of piperazine rings is 1. The van der Waals surface area contributed by atoms with E-state index < -0.39 is 0 Å². The minimum atomic E-state index is -0.338. The highest BCUT2D eigenvalue weighted by molar-refractivity contribution is 9.10. The molecule has 118 valence electrons. The number of amides is 1. The number of fused-ring (bicyclic) bond motifs is 1. The summed E-state index contributed by atoms with van der Waals surface area (Å²) < 4.78 is -0.338. The first kappa shape index (κ1) is 15.9. The number of benzene rings is 1. The van der Waals surface area contributed by atoms with Crippen molar-refractivity contribution >= 4 is 50.9 Å². The number of alkyl halides is 1. The molecular formula is C14H15BrCl2N4O. The Bertz CT molecular complexity index is 654. The summed E-state index contributed by atoms with van der Waals surface area (Å²) in [4.78, 5) is 16.5. The molecule has 3 rings (SSSR count). The average molecular weight is 406 g/mol. The quantitative estimate of drug-likeness (QED) is 0.607. The number of carbonyl (C=O) groups excluding carboxylic acids is 1. The van der Waals surface area contributed by atoms with E-state index >= 15 is 0 Å². The van der Waals surface area contributed by atoms with Crippen LogP contribution in [0.3, 0.4) is 0 Å². The first-order valence-electron chi connectivity index (χ1n) is 6.99. The molecule has 8 heteroatoms. The van der Waals surface area contributed by atoms with Crippen molar-refractivity contribution in [1.29, 1.82) is 0 Å². The summed E-state index contributed by atoms with van der Waals surface area (Å²) in [7, 11) is 0. The number of nitrogens with zero attached hydrogens (tertiary/aromatic N) is 3. The SMILES string of the molecule is CCC1(Br)NN=C2CN(C(=O)c3ccc(Cl)cc3Cl)CCN21. The van der Waals surface area contributed by atoms with Crippen molar-refractivity contribution in [2.75, 3.05) is 19.6 Å². The lowest BCUT2D eigenvalue weighted by Gasteiger charge is -2.40. The van der Waals surface area contributed by atoms with E-state index in [0.717, 1.165) is 12.3 Å². The zero-order chi connectivity index (χ0) is 15.9. The van der Waals surface area contributed by atoms with E-state index in [2.05, 4.69) is 38.3 Å². The van der Waals surface area contributed by atoms with Crippen LogP contribution in [-0.4, -0.2) is 45.7 Å². The Kier molecular flexibility index (Phi) is 4.27. The van der Waals surface area contributed by atoms with E-state index in [-0.39, 0.29) is 10.5 Å². The summed E-state index contributed by atoms with van der Waals surface area (Å²) >= 11 is 15.7. The molecule has 5 nitrogen and oxygen atoms in total. The van der Waals surface area contributed by atoms with E-state index in [0.29, 0.717) is 35.2 Å². The second-order valence-corrected chi connectivity index (χ2v) is 7.41. The predicted octanol–water partition coefficient (Wildman–Crippen LogP) is 3.13. The summed E-state index contributed by atoms with van der Waals surface area (Å²) in [6.45, 7) is 3.86. The van der Waals surface area contributed by atoms with Crippen LogP contribution in [-0.2, 0) is 0 Å². The Labute approximate surface area is 147 Å². The third kappa shape index (κ3) is 2.68. The second-order valence-electron chi connectivity index (χ2n) is 5.26. The van der Waals surface area contributed by atoms with Crippen LogP contribution in [0.5, 0.6) is 0 Å². The van der Waals surface area contributed by atoms with Crippen LogP contribution in [0.25, 0.3) is 0 Å². The predicted molar refractivity (Wildman–Crippen MR) is 91.6 cm³/mol. The summed E-state index contributed by atoms with van der Waals surface area (Å²) in [5, 5.41) is 5.23. The summed E-state index contributed by atoms with van der Waals surface area (Å²) in [6, 6.07) is 4.92. The van der Waals surface area contributed by atoms with Gasteiger partial charge < -0.3 is 9.80 Å². The molecule has 1 amide bonds. The van der Waals surface area contributed by atoms with Crippen LogP contribution in [0, 0.1) is 0 Å². The molecule has 0 saturated carbocycles. The molecule has 0 spiro atoms. The Hall–Kier alpha value is -0.980. The normalized spacial score (nSPS) is 23.9. The largest absolute Gasteiger partial charge is 0.329 e. The van der Waals surface area contributed by atoms with Crippen LogP contribution in [0.2, 0.25) is 10.0 Å². The second kappa shape index (κ2) is 5.91. The highest BCUT2D eigenvalue weighted by Gasteiger charge is 2.42. The van der Waals surface area contributed by atoms with E-state index in [1.54, 1.807) is 23.1 Å². The molecule has 22 heavy (non-hydrogen) atoms. The number of halogens is 3. The Morgan fingerprint density at radius 2 is 2.23 bits per heavy atom. The molecule has 1 unspecified atom stereocenters. The molecular weight excluding hydrogens is 391 g/mol. The standard InChI is InChI=1S/C14H15BrCl2N4O/c1-2-14(15)19-18-12-8-20(5-6-21(12)14)13(22)10-4-3-9(16)7-11(10)17/h3-4,7,19H,2,5-6,8H2,1H3. The van der Waals surface area contributed by atoms with Gasteiger partial charge in [-0.25, -0.2) is 0 Å². The minimum absolute atomic E-state index is 0.104. The van der Waals surface area contributed by atoms with E-state index in [4.69, 9.17) is 23.2 Å². The number of hydrogen-bond acceptors (Lipinski definition) is 4. The van der Waals surface area contributed by atoms with Crippen LogP contribution in [0.4, 0.5) is 0 Å². The Morgan fingerprint density at radius 1 is 1.45 bits per heavy atom. The van der Waals surface area contributed by atoms with E-state index in [9.17, 15) is 4.79 Å². The number of carbonyl (C=O) groups is 1. The number of rotatable bonds is 2. The topological polar surface area (TPSA) is 47.9 Å². The lowest BCUT2D eigenvalue weighted by atomic mass is 10.1.